The molecule has 0 aromatic carbocycles. The molecule has 0 bridgehead atoms. The summed E-state index contributed by atoms with van der Waals surface area (Å²) >= 11 is 0. The molecule has 5 nitrogen and oxygen atoms in total. The molecule has 0 radical (unpaired) electrons. The summed E-state index contributed by atoms with van der Waals surface area (Å²) in [5, 5.41) is 0. The van der Waals surface area contributed by atoms with E-state index in [1.54, 1.807) is 0 Å². The molecule has 1 unspecified atom stereocenters. The van der Waals surface area contributed by atoms with E-state index in [1.807, 2.05) is 0 Å². The van der Waals surface area contributed by atoms with E-state index in [1.165, 1.54) is 6.42 Å². The number of imidazole rings is 2. The van der Waals surface area contributed by atoms with Crippen LogP contribution in [0.15, 0.2) is 0 Å². The van der Waals surface area contributed by atoms with Crippen molar-refractivity contribution in [3.8, 4) is 0 Å². The van der Waals surface area contributed by atoms with Gasteiger partial charge in [-0.15, -0.1) is 0 Å². The van der Waals surface area contributed by atoms with Crippen molar-refractivity contribution in [2.75, 3.05) is 13.2 Å². The molecule has 3 rings (SSSR count). The van der Waals surface area contributed by atoms with Gasteiger partial charge in [0, 0.05) is 13.2 Å². The number of hydrogen-bond acceptors (Lipinski definition) is 3. The minimum atomic E-state index is 0. The molecule has 0 N–H and O–H groups in total. The molecule has 6 heteroatoms. The molecule has 43 heavy (non-hydrogen) atoms. The van der Waals surface area contributed by atoms with E-state index in [-0.39, 0.29) is 78.0 Å². The normalized spacial score (nSPS) is 16.6. The molecule has 0 spiro atoms. The van der Waals surface area contributed by atoms with Gasteiger partial charge in [-0.3, -0.25) is 0 Å². The number of aromatic nitrogens is 4. The van der Waals surface area contributed by atoms with Gasteiger partial charge in [-0.25, -0.2) is 0 Å². The third-order valence-corrected chi connectivity index (χ3v) is 8.30. The zero-order chi connectivity index (χ0) is 33.1. The summed E-state index contributed by atoms with van der Waals surface area (Å²) in [6, 6.07) is 0. The maximum atomic E-state index is 5.06. The first kappa shape index (κ1) is 42.9. The first-order chi connectivity index (χ1) is 18.7. The Balaban J connectivity index is 0.000000673. The molecular weight excluding hydrogens is 604 g/mol. The molecule has 0 amide bonds. The maximum Gasteiger partial charge on any atom is 2.00 e. The number of hydrogen-bond donors (Lipinski definition) is 0. The maximum absolute atomic E-state index is 5.06. The molecule has 1 atom stereocenters. The Morgan fingerprint density at radius 3 is 1.07 bits per heavy atom. The fourth-order valence-corrected chi connectivity index (χ4v) is 4.35. The third-order valence-electron chi connectivity index (χ3n) is 8.30. The zero-order valence-corrected chi connectivity index (χ0v) is 35.5. The van der Waals surface area contributed by atoms with Crippen LogP contribution in [-0.4, -0.2) is 68.7 Å². The Labute approximate surface area is 304 Å². The molecule has 1 fully saturated rings. The van der Waals surface area contributed by atoms with Crippen molar-refractivity contribution in [3.63, 3.8) is 0 Å². The second kappa shape index (κ2) is 15.6. The monoisotopic (exact) mass is 672 g/mol. The van der Waals surface area contributed by atoms with Crippen LogP contribution >= 0.6 is 0 Å². The van der Waals surface area contributed by atoms with E-state index in [0.717, 1.165) is 66.4 Å². The van der Waals surface area contributed by atoms with E-state index in [2.05, 4.69) is 132 Å². The Bertz CT molecular complexity index is 960. The standard InChI is InChI=1S/2C16H29N2.C5H10O.Sr/c2*1-10-16(8,9)13-17-11(14(2,3)4)12(18-13)15(5,6)7;1-5-2-3-6-4-5;/h2*10H2,1-9H3;5H,2-4H2,1H3;/q2*-1;;+2. The van der Waals surface area contributed by atoms with Crippen LogP contribution in [0.25, 0.3) is 0 Å². The number of nitrogens with zero attached hydrogens (tertiary/aromatic N) is 4. The van der Waals surface area contributed by atoms with E-state index in [9.17, 15) is 0 Å². The zero-order valence-electron chi connectivity index (χ0n) is 32.0. The summed E-state index contributed by atoms with van der Waals surface area (Å²) in [7, 11) is 0. The summed E-state index contributed by atoms with van der Waals surface area (Å²) in [6.07, 6.45) is 3.38. The van der Waals surface area contributed by atoms with Crippen LogP contribution in [0.4, 0.5) is 0 Å². The van der Waals surface area contributed by atoms with Crippen molar-refractivity contribution >= 4 is 45.5 Å². The molecule has 244 valence electrons. The third kappa shape index (κ3) is 12.5. The molecule has 1 aliphatic heterocycles. The number of ether oxygens (including phenoxy) is 1. The van der Waals surface area contributed by atoms with Crippen molar-refractivity contribution in [3.05, 3.63) is 34.4 Å². The molecule has 3 heterocycles. The van der Waals surface area contributed by atoms with Gasteiger partial charge in [-0.1, -0.05) is 166 Å². The minimum Gasteiger partial charge on any atom is -0.442 e. The van der Waals surface area contributed by atoms with Crippen LogP contribution in [0.5, 0.6) is 0 Å². The smallest absolute Gasteiger partial charge is 0.442 e. The molecule has 1 saturated heterocycles. The predicted octanol–water partition coefficient (Wildman–Crippen LogP) is 9.30. The topological polar surface area (TPSA) is 63.2 Å². The van der Waals surface area contributed by atoms with Gasteiger partial charge in [-0.05, 0) is 57.7 Å². The van der Waals surface area contributed by atoms with Gasteiger partial charge in [0.1, 0.15) is 0 Å². The summed E-state index contributed by atoms with van der Waals surface area (Å²) in [6.45, 7) is 44.1. The van der Waals surface area contributed by atoms with Crippen molar-refractivity contribution in [2.24, 2.45) is 5.92 Å². The quantitative estimate of drug-likeness (QED) is 0.303. The van der Waals surface area contributed by atoms with Gasteiger partial charge in [-0.2, -0.15) is 0 Å². The van der Waals surface area contributed by atoms with Crippen LogP contribution < -0.4 is 9.97 Å². The van der Waals surface area contributed by atoms with Crippen LogP contribution in [0.3, 0.4) is 0 Å². The van der Waals surface area contributed by atoms with Crippen molar-refractivity contribution < 1.29 is 4.74 Å². The average molecular weight is 673 g/mol. The van der Waals surface area contributed by atoms with Crippen molar-refractivity contribution in [1.82, 2.24) is 19.9 Å². The second-order valence-electron chi connectivity index (χ2n) is 17.9. The van der Waals surface area contributed by atoms with Crippen molar-refractivity contribution in [1.29, 1.82) is 0 Å². The first-order valence-corrected chi connectivity index (χ1v) is 16.4. The average Bonchev–Trinajstić information content (AvgIpc) is 3.57. The fraction of sp³-hybridized carbons (Fsp3) is 0.838. The van der Waals surface area contributed by atoms with E-state index in [0.29, 0.717) is 0 Å². The van der Waals surface area contributed by atoms with E-state index in [4.69, 9.17) is 24.7 Å². The summed E-state index contributed by atoms with van der Waals surface area (Å²) in [5.74, 6) is 2.82. The van der Waals surface area contributed by atoms with E-state index >= 15 is 0 Å². The second-order valence-corrected chi connectivity index (χ2v) is 17.9. The molecule has 2 aromatic heterocycles. The Hall–Kier alpha value is -0.139. The largest absolute Gasteiger partial charge is 2.00 e. The molecular formula is C37H68N4OSr. The van der Waals surface area contributed by atoms with Crippen LogP contribution in [-0.2, 0) is 37.2 Å². The van der Waals surface area contributed by atoms with Crippen molar-refractivity contribution in [2.45, 2.75) is 183 Å². The first-order valence-electron chi connectivity index (χ1n) is 16.4. The summed E-state index contributed by atoms with van der Waals surface area (Å²) in [4.78, 5) is 19.5. The predicted molar refractivity (Wildman–Crippen MR) is 187 cm³/mol. The van der Waals surface area contributed by atoms with Gasteiger partial charge in [0.25, 0.3) is 0 Å². The number of rotatable bonds is 4. The van der Waals surface area contributed by atoms with E-state index < -0.39 is 0 Å². The van der Waals surface area contributed by atoms with Gasteiger partial charge < -0.3 is 24.7 Å². The molecule has 1 aliphatic rings. The Kier molecular flexibility index (Phi) is 15.6. The Morgan fingerprint density at radius 2 is 0.930 bits per heavy atom. The van der Waals surface area contributed by atoms with Gasteiger partial charge in [0.15, 0.2) is 0 Å². The Morgan fingerprint density at radius 1 is 0.605 bits per heavy atom. The van der Waals surface area contributed by atoms with Crippen LogP contribution in [0, 0.1) is 5.92 Å². The fourth-order valence-electron chi connectivity index (χ4n) is 4.35. The van der Waals surface area contributed by atoms with Gasteiger partial charge in [0.2, 0.25) is 0 Å². The SMILES string of the molecule is CC1CCOC1.CCC(C)(C)c1nc(C(C)(C)C)c(C(C)(C)C)[n-]1.CCC(C)(C)c1nc(C(C)(C)C)c(C(C)(C)C)[n-]1.[Sr+2]. The molecule has 0 aliphatic carbocycles. The van der Waals surface area contributed by atoms with Gasteiger partial charge in [0.05, 0.1) is 0 Å². The summed E-state index contributed by atoms with van der Waals surface area (Å²) < 4.78 is 5.06. The minimum absolute atomic E-state index is 0. The van der Waals surface area contributed by atoms with Crippen LogP contribution in [0.1, 0.15) is 185 Å². The van der Waals surface area contributed by atoms with Gasteiger partial charge >= 0.3 is 45.5 Å². The van der Waals surface area contributed by atoms with Crippen LogP contribution in [0.2, 0.25) is 0 Å². The molecule has 0 saturated carbocycles. The summed E-state index contributed by atoms with van der Waals surface area (Å²) in [5.41, 5.74) is 4.97. The molecule has 2 aromatic rings.